The molecule has 13 heavy (non-hydrogen) atoms. The van der Waals surface area contributed by atoms with E-state index in [9.17, 15) is 0 Å². The summed E-state index contributed by atoms with van der Waals surface area (Å²) in [7, 11) is 0. The van der Waals surface area contributed by atoms with E-state index in [2.05, 4.69) is 34.6 Å². The number of hydrogen-bond acceptors (Lipinski definition) is 0. The van der Waals surface area contributed by atoms with E-state index in [4.69, 9.17) is 0 Å². The van der Waals surface area contributed by atoms with Crippen molar-refractivity contribution >= 4 is 0 Å². The molecule has 0 radical (unpaired) electrons. The molecule has 0 saturated heterocycles. The van der Waals surface area contributed by atoms with Crippen molar-refractivity contribution in [2.24, 2.45) is 35.0 Å². The molecule has 0 aliphatic heterocycles. The van der Waals surface area contributed by atoms with Crippen LogP contribution >= 0.6 is 0 Å². The maximum absolute atomic E-state index is 2.52. The first-order valence-electron chi connectivity index (χ1n) is 6.02. The van der Waals surface area contributed by atoms with Gasteiger partial charge in [-0.1, -0.05) is 41.0 Å². The van der Waals surface area contributed by atoms with Gasteiger partial charge in [-0.15, -0.1) is 0 Å². The van der Waals surface area contributed by atoms with Crippen LogP contribution in [-0.4, -0.2) is 0 Å². The molecule has 0 heterocycles. The molecular formula is C13H24. The molecule has 2 saturated carbocycles. The third-order valence-corrected chi connectivity index (χ3v) is 4.96. The first kappa shape index (κ1) is 9.55. The largest absolute Gasteiger partial charge is 0.0651 e. The van der Waals surface area contributed by atoms with Crippen LogP contribution in [0.5, 0.6) is 0 Å². The molecular weight excluding hydrogens is 156 g/mol. The van der Waals surface area contributed by atoms with Gasteiger partial charge in [-0.05, 0) is 41.4 Å². The molecule has 0 bridgehead atoms. The molecule has 0 nitrogen and oxygen atoms in total. The minimum Gasteiger partial charge on any atom is -0.0651 e. The average Bonchev–Trinajstić information content (AvgIpc) is 2.49. The summed E-state index contributed by atoms with van der Waals surface area (Å²) in [5.74, 6) is 5.10. The summed E-state index contributed by atoms with van der Waals surface area (Å²) in [6.45, 7) is 12.1. The summed E-state index contributed by atoms with van der Waals surface area (Å²) >= 11 is 0. The summed E-state index contributed by atoms with van der Waals surface area (Å²) in [4.78, 5) is 0. The van der Waals surface area contributed by atoms with E-state index in [1.54, 1.807) is 0 Å². The minimum atomic E-state index is 0.782. The zero-order valence-electron chi connectivity index (χ0n) is 9.80. The topological polar surface area (TPSA) is 0 Å². The molecule has 0 spiro atoms. The molecule has 5 atom stereocenters. The third kappa shape index (κ3) is 1.10. The molecule has 0 heteroatoms. The van der Waals surface area contributed by atoms with Gasteiger partial charge in [-0.2, -0.15) is 0 Å². The van der Waals surface area contributed by atoms with Crippen molar-refractivity contribution in [3.8, 4) is 0 Å². The van der Waals surface area contributed by atoms with Crippen LogP contribution in [0.15, 0.2) is 0 Å². The van der Waals surface area contributed by atoms with Crippen molar-refractivity contribution in [2.45, 2.75) is 47.5 Å². The predicted octanol–water partition coefficient (Wildman–Crippen LogP) is 3.96. The SMILES string of the molecule is CCC(C(C)C)C1C2C(C)CC21C. The summed E-state index contributed by atoms with van der Waals surface area (Å²) < 4.78 is 0. The maximum atomic E-state index is 2.52. The van der Waals surface area contributed by atoms with E-state index in [-0.39, 0.29) is 0 Å². The van der Waals surface area contributed by atoms with Gasteiger partial charge in [-0.25, -0.2) is 0 Å². The van der Waals surface area contributed by atoms with Gasteiger partial charge in [0.2, 0.25) is 0 Å². The Morgan fingerprint density at radius 2 is 2.00 bits per heavy atom. The second kappa shape index (κ2) is 2.74. The summed E-state index contributed by atoms with van der Waals surface area (Å²) in [5.41, 5.74) is 0.782. The highest BCUT2D eigenvalue weighted by atomic mass is 14.8. The Hall–Kier alpha value is 0. The lowest BCUT2D eigenvalue weighted by Crippen LogP contribution is -2.20. The molecule has 0 aromatic carbocycles. The quantitative estimate of drug-likeness (QED) is 0.616. The normalized spacial score (nSPS) is 49.8. The predicted molar refractivity (Wildman–Crippen MR) is 57.5 cm³/mol. The minimum absolute atomic E-state index is 0.782. The number of fused-ring (bicyclic) bond motifs is 1. The van der Waals surface area contributed by atoms with Gasteiger partial charge >= 0.3 is 0 Å². The van der Waals surface area contributed by atoms with Crippen LogP contribution in [-0.2, 0) is 0 Å². The van der Waals surface area contributed by atoms with Crippen LogP contribution in [0.1, 0.15) is 47.5 Å². The van der Waals surface area contributed by atoms with Crippen molar-refractivity contribution in [1.29, 1.82) is 0 Å². The molecule has 5 unspecified atom stereocenters. The Bertz CT molecular complexity index is 206. The second-order valence-electron chi connectivity index (χ2n) is 6.05. The zero-order chi connectivity index (χ0) is 9.80. The van der Waals surface area contributed by atoms with Gasteiger partial charge in [0.1, 0.15) is 0 Å². The summed E-state index contributed by atoms with van der Waals surface area (Å²) in [6, 6.07) is 0. The van der Waals surface area contributed by atoms with Gasteiger partial charge in [-0.3, -0.25) is 0 Å². The van der Waals surface area contributed by atoms with Gasteiger partial charge < -0.3 is 0 Å². The first-order valence-corrected chi connectivity index (χ1v) is 6.02. The average molecular weight is 180 g/mol. The molecule has 0 N–H and O–H groups in total. The van der Waals surface area contributed by atoms with Gasteiger partial charge in [0.15, 0.2) is 0 Å². The van der Waals surface area contributed by atoms with Crippen LogP contribution in [0.25, 0.3) is 0 Å². The molecule has 0 aromatic rings. The lowest BCUT2D eigenvalue weighted by molar-refractivity contribution is 0.213. The molecule has 2 rings (SSSR count). The van der Waals surface area contributed by atoms with Crippen LogP contribution in [0.2, 0.25) is 0 Å². The fourth-order valence-electron chi connectivity index (χ4n) is 4.47. The fraction of sp³-hybridized carbons (Fsp3) is 1.00. The highest BCUT2D eigenvalue weighted by molar-refractivity contribution is 5.19. The zero-order valence-corrected chi connectivity index (χ0v) is 9.80. The van der Waals surface area contributed by atoms with Crippen LogP contribution in [0.4, 0.5) is 0 Å². The Labute approximate surface area is 83.1 Å². The molecule has 2 fully saturated rings. The highest BCUT2D eigenvalue weighted by Crippen LogP contribution is 2.77. The first-order chi connectivity index (χ1) is 6.02. The van der Waals surface area contributed by atoms with Crippen molar-refractivity contribution in [2.75, 3.05) is 0 Å². The van der Waals surface area contributed by atoms with E-state index in [0.29, 0.717) is 0 Å². The Balaban J connectivity index is 2.03. The molecule has 2 aliphatic rings. The molecule has 2 aliphatic carbocycles. The van der Waals surface area contributed by atoms with E-state index in [0.717, 1.165) is 35.0 Å². The van der Waals surface area contributed by atoms with Gasteiger partial charge in [0.25, 0.3) is 0 Å². The van der Waals surface area contributed by atoms with Gasteiger partial charge in [0, 0.05) is 0 Å². The summed E-state index contributed by atoms with van der Waals surface area (Å²) in [5, 5.41) is 0. The Kier molecular flexibility index (Phi) is 2.02. The van der Waals surface area contributed by atoms with E-state index in [1.165, 1.54) is 12.8 Å². The van der Waals surface area contributed by atoms with Crippen LogP contribution in [0.3, 0.4) is 0 Å². The lowest BCUT2D eigenvalue weighted by atomic mass is 9.77. The Morgan fingerprint density at radius 3 is 2.23 bits per heavy atom. The lowest BCUT2D eigenvalue weighted by Gasteiger charge is -2.28. The highest BCUT2D eigenvalue weighted by Gasteiger charge is 2.72. The van der Waals surface area contributed by atoms with E-state index in [1.807, 2.05) is 0 Å². The monoisotopic (exact) mass is 180 g/mol. The van der Waals surface area contributed by atoms with E-state index < -0.39 is 0 Å². The smallest absolute Gasteiger partial charge is 0.0255 e. The maximum Gasteiger partial charge on any atom is -0.0255 e. The summed E-state index contributed by atoms with van der Waals surface area (Å²) in [6.07, 6.45) is 2.90. The second-order valence-corrected chi connectivity index (χ2v) is 6.05. The van der Waals surface area contributed by atoms with Gasteiger partial charge in [0.05, 0.1) is 0 Å². The number of rotatable bonds is 3. The standard InChI is InChI=1S/C13H24/c1-6-10(8(2)3)12-11-9(4)7-13(11,12)5/h8-12H,6-7H2,1-5H3. The molecule has 0 amide bonds. The van der Waals surface area contributed by atoms with Crippen molar-refractivity contribution < 1.29 is 0 Å². The van der Waals surface area contributed by atoms with Crippen molar-refractivity contribution in [3.05, 3.63) is 0 Å². The Morgan fingerprint density at radius 1 is 1.38 bits per heavy atom. The molecule has 0 aromatic heterocycles. The molecule has 76 valence electrons. The van der Waals surface area contributed by atoms with E-state index >= 15 is 0 Å². The van der Waals surface area contributed by atoms with Crippen LogP contribution < -0.4 is 0 Å². The van der Waals surface area contributed by atoms with Crippen molar-refractivity contribution in [1.82, 2.24) is 0 Å². The number of hydrogen-bond donors (Lipinski definition) is 0. The fourth-order valence-corrected chi connectivity index (χ4v) is 4.47. The van der Waals surface area contributed by atoms with Crippen molar-refractivity contribution in [3.63, 3.8) is 0 Å². The third-order valence-electron chi connectivity index (χ3n) is 4.96. The van der Waals surface area contributed by atoms with Crippen LogP contribution in [0, 0.1) is 35.0 Å².